The minimum atomic E-state index is -0.166. The van der Waals surface area contributed by atoms with Crippen molar-refractivity contribution in [1.82, 2.24) is 4.90 Å². The summed E-state index contributed by atoms with van der Waals surface area (Å²) in [5, 5.41) is 0. The molecule has 2 aromatic carbocycles. The minimum Gasteiger partial charge on any atom is -0.493 e. The number of fused-ring (bicyclic) bond motifs is 1. The first kappa shape index (κ1) is 19.4. The number of hydrogen-bond donors (Lipinski definition) is 0. The molecule has 1 fully saturated rings. The molecule has 0 aromatic heterocycles. The van der Waals surface area contributed by atoms with Gasteiger partial charge < -0.3 is 23.8 Å². The van der Waals surface area contributed by atoms with Gasteiger partial charge in [-0.25, -0.2) is 0 Å². The van der Waals surface area contributed by atoms with Gasteiger partial charge in [-0.2, -0.15) is 0 Å². The number of hydrogen-bond acceptors (Lipinski definition) is 5. The molecule has 2 aliphatic rings. The van der Waals surface area contributed by atoms with Crippen LogP contribution >= 0.6 is 0 Å². The predicted octanol–water partition coefficient (Wildman–Crippen LogP) is 3.71. The van der Waals surface area contributed by atoms with E-state index in [2.05, 4.69) is 12.1 Å². The Labute approximate surface area is 171 Å². The highest BCUT2D eigenvalue weighted by Crippen LogP contribution is 2.41. The summed E-state index contributed by atoms with van der Waals surface area (Å²) < 4.78 is 22.5. The number of methoxy groups -OCH3 is 3. The Morgan fingerprint density at radius 2 is 1.62 bits per heavy atom. The van der Waals surface area contributed by atoms with Crippen LogP contribution in [0.3, 0.4) is 0 Å². The summed E-state index contributed by atoms with van der Waals surface area (Å²) >= 11 is 0. The van der Waals surface area contributed by atoms with Crippen LogP contribution in [-0.2, 0) is 6.42 Å². The number of rotatable bonds is 4. The lowest BCUT2D eigenvalue weighted by Gasteiger charge is -2.44. The molecular formula is C23H27NO5. The van der Waals surface area contributed by atoms with Gasteiger partial charge in [0.2, 0.25) is 5.75 Å². The van der Waals surface area contributed by atoms with E-state index >= 15 is 0 Å². The molecule has 1 saturated heterocycles. The molecule has 6 nitrogen and oxygen atoms in total. The summed E-state index contributed by atoms with van der Waals surface area (Å²) in [7, 11) is 4.65. The Hall–Kier alpha value is -2.89. The van der Waals surface area contributed by atoms with Crippen LogP contribution in [0.4, 0.5) is 0 Å². The molecule has 0 unspecified atom stereocenters. The smallest absolute Gasteiger partial charge is 0.254 e. The third-order valence-corrected chi connectivity index (χ3v) is 6.02. The van der Waals surface area contributed by atoms with Gasteiger partial charge >= 0.3 is 0 Å². The van der Waals surface area contributed by atoms with Crippen molar-refractivity contribution in [3.63, 3.8) is 0 Å². The molecule has 6 heteroatoms. The highest BCUT2D eigenvalue weighted by molar-refractivity contribution is 5.95. The van der Waals surface area contributed by atoms with Crippen LogP contribution in [-0.4, -0.2) is 50.8 Å². The number of para-hydroxylation sites is 1. The van der Waals surface area contributed by atoms with Gasteiger partial charge in [-0.1, -0.05) is 18.2 Å². The number of carbonyl (C=O) groups excluding carboxylic acids is 1. The first-order valence-corrected chi connectivity index (χ1v) is 9.95. The average Bonchev–Trinajstić information content (AvgIpc) is 2.78. The molecule has 0 bridgehead atoms. The molecule has 0 saturated carbocycles. The molecule has 2 aliphatic heterocycles. The summed E-state index contributed by atoms with van der Waals surface area (Å²) in [4.78, 5) is 15.0. The molecular weight excluding hydrogens is 370 g/mol. The van der Waals surface area contributed by atoms with Gasteiger partial charge in [-0.05, 0) is 36.6 Å². The standard InChI is InChI=1S/C23H27NO5/c1-26-19-14-17(15-20(27-2)21(19)28-3)22(25)24-12-10-23(11-13-24)9-8-16-6-4-5-7-18(16)29-23/h4-7,14-15H,8-13H2,1-3H3. The Bertz CT molecular complexity index is 877. The van der Waals surface area contributed by atoms with Gasteiger partial charge in [0.1, 0.15) is 11.4 Å². The average molecular weight is 397 g/mol. The maximum Gasteiger partial charge on any atom is 0.254 e. The van der Waals surface area contributed by atoms with Gasteiger partial charge in [0, 0.05) is 31.5 Å². The Morgan fingerprint density at radius 3 is 2.24 bits per heavy atom. The number of nitrogens with zero attached hydrogens (tertiary/aromatic N) is 1. The van der Waals surface area contributed by atoms with Crippen LogP contribution in [0.5, 0.6) is 23.0 Å². The molecule has 0 atom stereocenters. The van der Waals surface area contributed by atoms with Crippen molar-refractivity contribution < 1.29 is 23.7 Å². The van der Waals surface area contributed by atoms with E-state index in [0.29, 0.717) is 35.9 Å². The zero-order chi connectivity index (χ0) is 20.4. The van der Waals surface area contributed by atoms with E-state index in [-0.39, 0.29) is 11.5 Å². The van der Waals surface area contributed by atoms with E-state index < -0.39 is 0 Å². The van der Waals surface area contributed by atoms with Crippen LogP contribution < -0.4 is 18.9 Å². The van der Waals surface area contributed by atoms with E-state index in [4.69, 9.17) is 18.9 Å². The van der Waals surface area contributed by atoms with Crippen molar-refractivity contribution in [2.45, 2.75) is 31.3 Å². The van der Waals surface area contributed by atoms with Crippen LogP contribution in [0, 0.1) is 0 Å². The lowest BCUT2D eigenvalue weighted by molar-refractivity contribution is -0.0107. The van der Waals surface area contributed by atoms with Gasteiger partial charge in [-0.15, -0.1) is 0 Å². The largest absolute Gasteiger partial charge is 0.493 e. The first-order valence-electron chi connectivity index (χ1n) is 9.95. The molecule has 1 spiro atoms. The summed E-state index contributed by atoms with van der Waals surface area (Å²) in [5.41, 5.74) is 1.64. The van der Waals surface area contributed by atoms with Gasteiger partial charge in [0.15, 0.2) is 11.5 Å². The summed E-state index contributed by atoms with van der Waals surface area (Å²) in [6.45, 7) is 1.33. The van der Waals surface area contributed by atoms with E-state index in [1.807, 2.05) is 17.0 Å². The number of likely N-dealkylation sites (tertiary alicyclic amines) is 1. The zero-order valence-electron chi connectivity index (χ0n) is 17.2. The SMILES string of the molecule is COc1cc(C(=O)N2CCC3(CCc4ccccc4O3)CC2)cc(OC)c1OC. The summed E-state index contributed by atoms with van der Waals surface area (Å²) in [6, 6.07) is 11.7. The molecule has 0 aliphatic carbocycles. The van der Waals surface area contributed by atoms with Crippen LogP contribution in [0.2, 0.25) is 0 Å². The quantitative estimate of drug-likeness (QED) is 0.787. The Morgan fingerprint density at radius 1 is 0.966 bits per heavy atom. The molecule has 1 amide bonds. The van der Waals surface area contributed by atoms with Gasteiger partial charge in [-0.3, -0.25) is 4.79 Å². The fourth-order valence-electron chi connectivity index (χ4n) is 4.31. The number of piperidine rings is 1. The van der Waals surface area contributed by atoms with Crippen molar-refractivity contribution in [3.8, 4) is 23.0 Å². The fraction of sp³-hybridized carbons (Fsp3) is 0.435. The van der Waals surface area contributed by atoms with Crippen LogP contribution in [0.25, 0.3) is 0 Å². The second kappa shape index (κ2) is 7.85. The Kier molecular flexibility index (Phi) is 5.26. The highest BCUT2D eigenvalue weighted by Gasteiger charge is 2.40. The number of carbonyl (C=O) groups is 1. The Balaban J connectivity index is 1.49. The van der Waals surface area contributed by atoms with Crippen molar-refractivity contribution in [2.75, 3.05) is 34.4 Å². The second-order valence-corrected chi connectivity index (χ2v) is 7.60. The maximum atomic E-state index is 13.1. The third-order valence-electron chi connectivity index (χ3n) is 6.02. The topological polar surface area (TPSA) is 57.2 Å². The highest BCUT2D eigenvalue weighted by atomic mass is 16.5. The van der Waals surface area contributed by atoms with Crippen LogP contribution in [0.15, 0.2) is 36.4 Å². The lowest BCUT2D eigenvalue weighted by atomic mass is 9.83. The normalized spacial score (nSPS) is 17.3. The van der Waals surface area contributed by atoms with E-state index in [1.54, 1.807) is 33.5 Å². The summed E-state index contributed by atoms with van der Waals surface area (Å²) in [5.74, 6) is 2.41. The fourth-order valence-corrected chi connectivity index (χ4v) is 4.31. The second-order valence-electron chi connectivity index (χ2n) is 7.60. The lowest BCUT2D eigenvalue weighted by Crippen LogP contribution is -2.51. The minimum absolute atomic E-state index is 0.0321. The van der Waals surface area contributed by atoms with Crippen molar-refractivity contribution in [3.05, 3.63) is 47.5 Å². The molecule has 154 valence electrons. The number of aryl methyl sites for hydroxylation is 1. The number of benzene rings is 2. The maximum absolute atomic E-state index is 13.1. The summed E-state index contributed by atoms with van der Waals surface area (Å²) in [6.07, 6.45) is 3.68. The van der Waals surface area contributed by atoms with E-state index in [9.17, 15) is 4.79 Å². The molecule has 0 radical (unpaired) electrons. The molecule has 0 N–H and O–H groups in total. The predicted molar refractivity (Wildman–Crippen MR) is 109 cm³/mol. The van der Waals surface area contributed by atoms with E-state index in [0.717, 1.165) is 31.4 Å². The van der Waals surface area contributed by atoms with Gasteiger partial charge in [0.05, 0.1) is 21.3 Å². The third kappa shape index (κ3) is 3.59. The van der Waals surface area contributed by atoms with Crippen LogP contribution in [0.1, 0.15) is 35.2 Å². The molecule has 2 heterocycles. The van der Waals surface area contributed by atoms with Crippen molar-refractivity contribution in [1.29, 1.82) is 0 Å². The van der Waals surface area contributed by atoms with E-state index in [1.165, 1.54) is 5.56 Å². The van der Waals surface area contributed by atoms with Gasteiger partial charge in [0.25, 0.3) is 5.91 Å². The molecule has 2 aromatic rings. The zero-order valence-corrected chi connectivity index (χ0v) is 17.2. The molecule has 29 heavy (non-hydrogen) atoms. The molecule has 4 rings (SSSR count). The van der Waals surface area contributed by atoms with Crippen molar-refractivity contribution >= 4 is 5.91 Å². The monoisotopic (exact) mass is 397 g/mol. The number of ether oxygens (including phenoxy) is 4. The van der Waals surface area contributed by atoms with Crippen molar-refractivity contribution in [2.24, 2.45) is 0 Å². The number of amides is 1. The first-order chi connectivity index (χ1) is 14.1.